The Labute approximate surface area is 721 Å². The average Bonchev–Trinajstić information content (AvgIpc) is 1.45. The number of rotatable bonds is 25. The van der Waals surface area contributed by atoms with Crippen LogP contribution in [0, 0.1) is 47.5 Å². The summed E-state index contributed by atoms with van der Waals surface area (Å²) < 4.78 is 0. The molecule has 6 saturated carbocycles. The van der Waals surface area contributed by atoms with Crippen molar-refractivity contribution in [3.63, 3.8) is 0 Å². The van der Waals surface area contributed by atoms with Crippen LogP contribution < -0.4 is 16.0 Å². The molecule has 0 radical (unpaired) electrons. The SMILES string of the molecule is C1CCCC1.C1CCCC1.C1CCCC1.O=C(NCCCN1CCN(CCCN2C(=O)c3cccc4cccc(c34)C2=O)CC1)C1CCCC1.O=C(NCCCN1CCN(CCN2C(=O)c3ccc4c5c(ccc(c35)C2=O)C(=O)N(CCN2CCN(CCCNC(=O)C3CCCC3)CC2)C4=O)CC1)C1CCCC1.[CH3-].[CH3-].[CH3-].[CH3-].[Fe+2].[Fe+2].[Fe]. The van der Waals surface area contributed by atoms with Crippen LogP contribution >= 0.6 is 0 Å². The molecule has 0 atom stereocenters. The molecular weight excluding hydrogens is 1570 g/mol. The van der Waals surface area contributed by atoms with Gasteiger partial charge in [0, 0.05) is 215 Å². The van der Waals surface area contributed by atoms with Gasteiger partial charge in [-0.1, -0.05) is 159 Å². The van der Waals surface area contributed by atoms with Crippen LogP contribution in [0.5, 0.6) is 0 Å². The van der Waals surface area contributed by atoms with Gasteiger partial charge in [-0.15, -0.1) is 0 Å². The Morgan fingerprint density at radius 1 is 0.270 bits per heavy atom. The number of nitrogens with zero attached hydrogens (tertiary/aromatic N) is 9. The van der Waals surface area contributed by atoms with Gasteiger partial charge in [0.05, 0.1) is 0 Å². The van der Waals surface area contributed by atoms with Gasteiger partial charge in [0.1, 0.15) is 0 Å². The molecule has 4 aromatic rings. The van der Waals surface area contributed by atoms with Crippen molar-refractivity contribution in [1.82, 2.24) is 60.0 Å². The topological polar surface area (TPSA) is 219 Å². The molecule has 12 aliphatic rings. The number of benzene rings is 4. The number of imide groups is 3. The third kappa shape index (κ3) is 27.5. The Balaban J connectivity index is 0.000000350. The van der Waals surface area contributed by atoms with Crippen molar-refractivity contribution in [2.24, 2.45) is 17.8 Å². The Hall–Kier alpha value is -5.45. The van der Waals surface area contributed by atoms with Crippen LogP contribution in [0.25, 0.3) is 21.5 Å². The average molecular weight is 1710 g/mol. The molecule has 4 aromatic carbocycles. The Kier molecular flexibility index (Phi) is 45.2. The molecule has 6 aliphatic carbocycles. The van der Waals surface area contributed by atoms with E-state index in [0.717, 1.165) is 212 Å². The third-order valence-electron chi connectivity index (χ3n) is 25.2. The molecule has 16 rings (SSSR count). The van der Waals surface area contributed by atoms with Crippen molar-refractivity contribution in [2.45, 2.75) is 199 Å². The molecule has 6 aliphatic heterocycles. The number of amides is 9. The van der Waals surface area contributed by atoms with Crippen LogP contribution in [0.4, 0.5) is 0 Å². The molecule has 640 valence electrons. The number of piperazine rings is 3. The number of hydrogen-bond donors (Lipinski definition) is 3. The van der Waals surface area contributed by atoms with Crippen molar-refractivity contribution in [3.05, 3.63) is 124 Å². The summed E-state index contributed by atoms with van der Waals surface area (Å²) in [7, 11) is 0. The summed E-state index contributed by atoms with van der Waals surface area (Å²) in [5.41, 5.74) is 2.66. The van der Waals surface area contributed by atoms with E-state index in [0.29, 0.717) is 76.9 Å². The fourth-order valence-electron chi connectivity index (χ4n) is 18.5. The first kappa shape index (κ1) is 100. The summed E-state index contributed by atoms with van der Waals surface area (Å²) in [4.78, 5) is 137. The van der Waals surface area contributed by atoms with Crippen LogP contribution in [0.1, 0.15) is 261 Å². The van der Waals surface area contributed by atoms with Gasteiger partial charge in [0.15, 0.2) is 0 Å². The van der Waals surface area contributed by atoms with Crippen molar-refractivity contribution >= 4 is 74.7 Å². The first-order valence-corrected chi connectivity index (χ1v) is 42.8. The normalized spacial score (nSPS) is 19.9. The van der Waals surface area contributed by atoms with Crippen LogP contribution in [-0.2, 0) is 65.6 Å². The van der Waals surface area contributed by atoms with E-state index in [2.05, 4.69) is 45.3 Å². The molecule has 0 unspecified atom stereocenters. The Bertz CT molecular complexity index is 3400. The van der Waals surface area contributed by atoms with Crippen LogP contribution in [0.3, 0.4) is 0 Å². The predicted octanol–water partition coefficient (Wildman–Crippen LogP) is 13.4. The van der Waals surface area contributed by atoms with E-state index in [-0.39, 0.29) is 141 Å². The van der Waals surface area contributed by atoms with E-state index >= 15 is 0 Å². The van der Waals surface area contributed by atoms with Crippen LogP contribution in [-0.4, -0.2) is 254 Å². The molecule has 21 nitrogen and oxygen atoms in total. The zero-order chi connectivity index (χ0) is 75.0. The number of carbonyl (C=O) groups excluding carboxylic acids is 9. The minimum atomic E-state index is -0.394. The number of carbonyl (C=O) groups is 9. The van der Waals surface area contributed by atoms with Gasteiger partial charge in [-0.25, -0.2) is 0 Å². The Morgan fingerprint density at radius 2 is 0.487 bits per heavy atom. The maximum atomic E-state index is 13.9. The van der Waals surface area contributed by atoms with E-state index in [1.165, 1.54) is 124 Å². The van der Waals surface area contributed by atoms with Gasteiger partial charge >= 0.3 is 34.1 Å². The predicted molar refractivity (Wildman–Crippen MR) is 451 cm³/mol. The van der Waals surface area contributed by atoms with Crippen molar-refractivity contribution < 1.29 is 94.4 Å². The minimum absolute atomic E-state index is 0. The summed E-state index contributed by atoms with van der Waals surface area (Å²) in [6.45, 7) is 19.0. The minimum Gasteiger partial charge on any atom is -0.358 e. The molecule has 115 heavy (non-hydrogen) atoms. The number of hydrogen-bond acceptors (Lipinski definition) is 15. The second kappa shape index (κ2) is 51.9. The summed E-state index contributed by atoms with van der Waals surface area (Å²) >= 11 is 0. The van der Waals surface area contributed by atoms with E-state index < -0.39 is 23.6 Å². The van der Waals surface area contributed by atoms with Crippen LogP contribution in [0.2, 0.25) is 0 Å². The molecule has 0 bridgehead atoms. The molecule has 9 fully saturated rings. The molecule has 3 N–H and O–H groups in total. The maximum Gasteiger partial charge on any atom is 2.00 e. The molecular formula is C91H138Fe3N12O9. The second-order valence-electron chi connectivity index (χ2n) is 32.7. The molecule has 9 amide bonds. The van der Waals surface area contributed by atoms with Gasteiger partial charge in [0.25, 0.3) is 35.4 Å². The first-order valence-electron chi connectivity index (χ1n) is 42.8. The first-order chi connectivity index (χ1) is 52.9. The zero-order valence-corrected chi connectivity index (χ0v) is 73.5. The third-order valence-corrected chi connectivity index (χ3v) is 25.2. The van der Waals surface area contributed by atoms with Crippen molar-refractivity contribution in [3.8, 4) is 0 Å². The fraction of sp³-hybridized carbons (Fsp3) is 0.637. The van der Waals surface area contributed by atoms with Gasteiger partial charge in [-0.05, 0) is 132 Å². The van der Waals surface area contributed by atoms with Crippen molar-refractivity contribution in [1.29, 1.82) is 0 Å². The molecule has 24 heteroatoms. The van der Waals surface area contributed by atoms with E-state index in [4.69, 9.17) is 0 Å². The van der Waals surface area contributed by atoms with Crippen LogP contribution in [0.15, 0.2) is 60.7 Å². The monoisotopic (exact) mass is 1710 g/mol. The standard InChI is InChI=1S/C44H60N8O6.C28H36N4O3.3C5H10.4CH3.3Fe/c53-39(31-7-1-2-8-31)45-15-5-17-47-19-23-49(24-20-47)27-29-51-41(55)33-11-13-35-38-36(14-12-34(37(33)38)42(51)56)44(58)52(43(35)57)30-28-50-25-21-48(22-26-50)18-6-16-46-40(54)32-9-3-4-10-32;33-26(22-7-1-2-8-22)29-13-5-14-30-17-19-31(20-18-30)15-6-16-32-27(34)23-11-3-9-21-10-4-12-24(25(21)23)28(32)35;3*1-2-4-5-3-1;;;;;;;/h11-14,31-32H,1-10,15-30H2,(H,45,53)(H,46,54);3-4,9-12,22H,1-2,5-8,13-20H2,(H,29,33);3*1-5H2;4*1H3;;;/q;;;;;4*-1;;2*+2. The quantitative estimate of drug-likeness (QED) is 0.0243. The van der Waals surface area contributed by atoms with E-state index in [1.54, 1.807) is 24.3 Å². The van der Waals surface area contributed by atoms with Gasteiger partial charge < -0.3 is 65.3 Å². The molecule has 0 aromatic heterocycles. The summed E-state index contributed by atoms with van der Waals surface area (Å²) in [5, 5.41) is 11.9. The van der Waals surface area contributed by atoms with Gasteiger partial charge in [-0.3, -0.25) is 67.7 Å². The van der Waals surface area contributed by atoms with Gasteiger partial charge in [0.2, 0.25) is 17.7 Å². The summed E-state index contributed by atoms with van der Waals surface area (Å²) in [6, 6.07) is 17.9. The smallest absolute Gasteiger partial charge is 0.358 e. The largest absolute Gasteiger partial charge is 2.00 e. The maximum absolute atomic E-state index is 13.9. The van der Waals surface area contributed by atoms with Crippen molar-refractivity contribution in [2.75, 3.05) is 157 Å². The molecule has 3 saturated heterocycles. The fourth-order valence-corrected chi connectivity index (χ4v) is 18.5. The van der Waals surface area contributed by atoms with Gasteiger partial charge in [-0.2, -0.15) is 0 Å². The van der Waals surface area contributed by atoms with E-state index in [1.807, 2.05) is 36.4 Å². The molecule has 0 spiro atoms. The second-order valence-corrected chi connectivity index (χ2v) is 32.7. The summed E-state index contributed by atoms with van der Waals surface area (Å²) in [5.74, 6) is -0.625. The zero-order valence-electron chi connectivity index (χ0n) is 70.2. The Morgan fingerprint density at radius 3 is 0.739 bits per heavy atom. The summed E-state index contributed by atoms with van der Waals surface area (Å²) in [6.07, 6.45) is 39.3. The van der Waals surface area contributed by atoms with E-state index in [9.17, 15) is 43.2 Å². The number of nitrogens with one attached hydrogen (secondary N) is 3. The molecule has 6 heterocycles.